The molecule has 120 valence electrons. The van der Waals surface area contributed by atoms with Crippen molar-refractivity contribution in [1.29, 1.82) is 0 Å². The SMILES string of the molecule is CC(C)Cc1nnc(NS(=O)(=O)Cc2ccc(F)cc2F)s1. The minimum absolute atomic E-state index is 0.110. The summed E-state index contributed by atoms with van der Waals surface area (Å²) in [7, 11) is -3.84. The summed E-state index contributed by atoms with van der Waals surface area (Å²) in [4.78, 5) is 0. The molecule has 9 heteroatoms. The van der Waals surface area contributed by atoms with Gasteiger partial charge >= 0.3 is 0 Å². The summed E-state index contributed by atoms with van der Waals surface area (Å²) in [5.41, 5.74) is -0.110. The Morgan fingerprint density at radius 3 is 2.64 bits per heavy atom. The minimum atomic E-state index is -3.84. The highest BCUT2D eigenvalue weighted by atomic mass is 32.2. The molecule has 0 fully saturated rings. The Kier molecular flexibility index (Phi) is 5.07. The summed E-state index contributed by atoms with van der Waals surface area (Å²) in [6, 6.07) is 2.77. The Morgan fingerprint density at radius 1 is 1.27 bits per heavy atom. The van der Waals surface area contributed by atoms with E-state index in [1.54, 1.807) is 0 Å². The van der Waals surface area contributed by atoms with E-state index in [1.165, 1.54) is 0 Å². The molecule has 0 atom stereocenters. The third kappa shape index (κ3) is 4.70. The molecule has 0 unspecified atom stereocenters. The number of benzene rings is 1. The number of aromatic nitrogens is 2. The molecule has 0 aliphatic heterocycles. The normalized spacial score (nSPS) is 11.9. The quantitative estimate of drug-likeness (QED) is 0.872. The van der Waals surface area contributed by atoms with E-state index in [2.05, 4.69) is 14.9 Å². The van der Waals surface area contributed by atoms with Crippen LogP contribution in [0.4, 0.5) is 13.9 Å². The molecule has 0 amide bonds. The molecule has 0 bridgehead atoms. The zero-order chi connectivity index (χ0) is 16.3. The Bertz CT molecular complexity index is 760. The summed E-state index contributed by atoms with van der Waals surface area (Å²) < 4.78 is 52.6. The molecule has 0 aliphatic carbocycles. The van der Waals surface area contributed by atoms with Crippen LogP contribution in [0, 0.1) is 17.6 Å². The number of halogens is 2. The molecular weight excluding hydrogens is 332 g/mol. The van der Waals surface area contributed by atoms with Crippen LogP contribution in [0.25, 0.3) is 0 Å². The fourth-order valence-corrected chi connectivity index (χ4v) is 4.11. The lowest BCUT2D eigenvalue weighted by Crippen LogP contribution is -2.15. The fourth-order valence-electron chi connectivity index (χ4n) is 1.74. The monoisotopic (exact) mass is 347 g/mol. The Labute approximate surface area is 131 Å². The third-order valence-corrected chi connectivity index (χ3v) is 4.84. The van der Waals surface area contributed by atoms with E-state index in [1.807, 2.05) is 13.8 Å². The average Bonchev–Trinajstić information content (AvgIpc) is 2.78. The van der Waals surface area contributed by atoms with Crippen molar-refractivity contribution in [3.05, 3.63) is 40.4 Å². The van der Waals surface area contributed by atoms with Crippen LogP contribution in [0.15, 0.2) is 18.2 Å². The van der Waals surface area contributed by atoms with Crippen molar-refractivity contribution in [2.45, 2.75) is 26.0 Å². The van der Waals surface area contributed by atoms with E-state index in [4.69, 9.17) is 0 Å². The first-order valence-corrected chi connectivity index (χ1v) is 8.99. The van der Waals surface area contributed by atoms with E-state index in [9.17, 15) is 17.2 Å². The van der Waals surface area contributed by atoms with Gasteiger partial charge in [0.25, 0.3) is 0 Å². The van der Waals surface area contributed by atoms with Crippen molar-refractivity contribution in [2.24, 2.45) is 5.92 Å². The predicted octanol–water partition coefficient (Wildman–Crippen LogP) is 2.96. The predicted molar refractivity (Wildman–Crippen MR) is 81.1 cm³/mol. The lowest BCUT2D eigenvalue weighted by molar-refractivity contribution is 0.570. The highest BCUT2D eigenvalue weighted by molar-refractivity contribution is 7.92. The summed E-state index contributed by atoms with van der Waals surface area (Å²) in [6.45, 7) is 4.03. The lowest BCUT2D eigenvalue weighted by atomic mass is 10.1. The number of hydrogen-bond donors (Lipinski definition) is 1. The van der Waals surface area contributed by atoms with Gasteiger partial charge in [-0.3, -0.25) is 4.72 Å². The van der Waals surface area contributed by atoms with Crippen LogP contribution >= 0.6 is 11.3 Å². The van der Waals surface area contributed by atoms with Gasteiger partial charge < -0.3 is 0 Å². The maximum absolute atomic E-state index is 13.5. The molecule has 2 aromatic rings. The molecule has 2 rings (SSSR count). The molecule has 1 N–H and O–H groups in total. The molecule has 1 aromatic carbocycles. The van der Waals surface area contributed by atoms with Crippen LogP contribution in [0.1, 0.15) is 24.4 Å². The first kappa shape index (κ1) is 16.8. The van der Waals surface area contributed by atoms with Crippen LogP contribution in [-0.4, -0.2) is 18.6 Å². The van der Waals surface area contributed by atoms with Crippen LogP contribution in [-0.2, 0) is 22.2 Å². The zero-order valence-electron chi connectivity index (χ0n) is 12.0. The van der Waals surface area contributed by atoms with Gasteiger partial charge in [0, 0.05) is 18.1 Å². The van der Waals surface area contributed by atoms with E-state index >= 15 is 0 Å². The number of hydrogen-bond acceptors (Lipinski definition) is 5. The van der Waals surface area contributed by atoms with Crippen molar-refractivity contribution in [3.8, 4) is 0 Å². The van der Waals surface area contributed by atoms with Crippen LogP contribution < -0.4 is 4.72 Å². The average molecular weight is 347 g/mol. The van der Waals surface area contributed by atoms with E-state index in [0.29, 0.717) is 18.4 Å². The smallest absolute Gasteiger partial charge is 0.238 e. The van der Waals surface area contributed by atoms with Crippen molar-refractivity contribution >= 4 is 26.5 Å². The summed E-state index contributed by atoms with van der Waals surface area (Å²) in [6.07, 6.45) is 0.700. The second-order valence-corrected chi connectivity index (χ2v) is 7.98. The van der Waals surface area contributed by atoms with Gasteiger partial charge in [0.2, 0.25) is 15.2 Å². The maximum Gasteiger partial charge on any atom is 0.238 e. The van der Waals surface area contributed by atoms with Crippen molar-refractivity contribution < 1.29 is 17.2 Å². The van der Waals surface area contributed by atoms with Gasteiger partial charge in [-0.2, -0.15) is 0 Å². The maximum atomic E-state index is 13.5. The summed E-state index contributed by atoms with van der Waals surface area (Å²) in [5, 5.41) is 8.51. The molecule has 22 heavy (non-hydrogen) atoms. The van der Waals surface area contributed by atoms with Crippen molar-refractivity contribution in [1.82, 2.24) is 10.2 Å². The molecule has 1 aromatic heterocycles. The third-order valence-electron chi connectivity index (χ3n) is 2.65. The molecule has 1 heterocycles. The number of nitrogens with one attached hydrogen (secondary N) is 1. The van der Waals surface area contributed by atoms with E-state index < -0.39 is 27.4 Å². The molecule has 0 saturated heterocycles. The Balaban J connectivity index is 2.09. The van der Waals surface area contributed by atoms with Crippen LogP contribution in [0.5, 0.6) is 0 Å². The minimum Gasteiger partial charge on any atom is -0.257 e. The molecule has 0 radical (unpaired) electrons. The van der Waals surface area contributed by atoms with Gasteiger partial charge in [-0.1, -0.05) is 31.3 Å². The second kappa shape index (κ2) is 6.66. The summed E-state index contributed by atoms with van der Waals surface area (Å²) in [5.74, 6) is -1.87. The van der Waals surface area contributed by atoms with Gasteiger partial charge in [-0.15, -0.1) is 10.2 Å². The topological polar surface area (TPSA) is 72.0 Å². The van der Waals surface area contributed by atoms with E-state index in [-0.39, 0.29) is 10.7 Å². The number of rotatable bonds is 6. The first-order chi connectivity index (χ1) is 10.2. The van der Waals surface area contributed by atoms with Crippen molar-refractivity contribution in [3.63, 3.8) is 0 Å². The Hall–Kier alpha value is -1.61. The van der Waals surface area contributed by atoms with Gasteiger partial charge in [0.15, 0.2) is 0 Å². The Morgan fingerprint density at radius 2 is 2.00 bits per heavy atom. The molecule has 5 nitrogen and oxygen atoms in total. The lowest BCUT2D eigenvalue weighted by Gasteiger charge is -2.06. The number of nitrogens with zero attached hydrogens (tertiary/aromatic N) is 2. The van der Waals surface area contributed by atoms with Gasteiger partial charge in [0.05, 0.1) is 5.75 Å². The fraction of sp³-hybridized carbons (Fsp3) is 0.385. The second-order valence-electron chi connectivity index (χ2n) is 5.20. The van der Waals surface area contributed by atoms with Gasteiger partial charge in [-0.05, 0) is 12.0 Å². The zero-order valence-corrected chi connectivity index (χ0v) is 13.6. The van der Waals surface area contributed by atoms with Gasteiger partial charge in [-0.25, -0.2) is 17.2 Å². The van der Waals surface area contributed by atoms with Crippen molar-refractivity contribution in [2.75, 3.05) is 4.72 Å². The molecule has 0 aliphatic rings. The standard InChI is InChI=1S/C13H15F2N3O2S2/c1-8(2)5-12-16-17-13(21-12)18-22(19,20)7-9-3-4-10(14)6-11(9)15/h3-4,6,8H,5,7H2,1-2H3,(H,17,18). The van der Waals surface area contributed by atoms with Crippen LogP contribution in [0.2, 0.25) is 0 Å². The highest BCUT2D eigenvalue weighted by Gasteiger charge is 2.17. The molecule has 0 saturated carbocycles. The molecular formula is C13H15F2N3O2S2. The van der Waals surface area contributed by atoms with E-state index in [0.717, 1.165) is 28.5 Å². The largest absolute Gasteiger partial charge is 0.257 e. The highest BCUT2D eigenvalue weighted by Crippen LogP contribution is 2.21. The summed E-state index contributed by atoms with van der Waals surface area (Å²) >= 11 is 1.14. The number of sulfonamides is 1. The van der Waals surface area contributed by atoms with Gasteiger partial charge in [0.1, 0.15) is 16.6 Å². The molecule has 0 spiro atoms. The first-order valence-electron chi connectivity index (χ1n) is 6.52. The van der Waals surface area contributed by atoms with Crippen LogP contribution in [0.3, 0.4) is 0 Å². The number of anilines is 1.